The van der Waals surface area contributed by atoms with E-state index in [1.165, 1.54) is 0 Å². The molecule has 0 atom stereocenters. The molecule has 0 unspecified atom stereocenters. The molecule has 2 rings (SSSR count). The van der Waals surface area contributed by atoms with Crippen LogP contribution in [0.15, 0.2) is 54.6 Å². The summed E-state index contributed by atoms with van der Waals surface area (Å²) in [4.78, 5) is 0. The highest BCUT2D eigenvalue weighted by atomic mass is 32.1. The van der Waals surface area contributed by atoms with Crippen molar-refractivity contribution >= 4 is 17.3 Å². The minimum Gasteiger partial charge on any atom is -0.491 e. The molecular weight excluding hydrogens is 268 g/mol. The number of thiocarbonyl (C=S) groups is 1. The summed E-state index contributed by atoms with van der Waals surface area (Å²) in [5.74, 6) is 0.885. The summed E-state index contributed by atoms with van der Waals surface area (Å²) in [6.07, 6.45) is 0. The van der Waals surface area contributed by atoms with Crippen molar-refractivity contribution in [1.29, 1.82) is 0 Å². The third-order valence-corrected chi connectivity index (χ3v) is 3.19. The quantitative estimate of drug-likeness (QED) is 0.654. The third kappa shape index (κ3) is 3.96. The van der Waals surface area contributed by atoms with E-state index in [0.717, 1.165) is 16.9 Å². The van der Waals surface area contributed by atoms with Gasteiger partial charge in [0.2, 0.25) is 0 Å². The van der Waals surface area contributed by atoms with Gasteiger partial charge < -0.3 is 15.4 Å². The molecule has 0 amide bonds. The van der Waals surface area contributed by atoms with Crippen molar-refractivity contribution in [2.75, 3.05) is 20.2 Å². The highest BCUT2D eigenvalue weighted by Gasteiger charge is 2.04. The van der Waals surface area contributed by atoms with E-state index in [1.807, 2.05) is 36.4 Å². The first kappa shape index (κ1) is 14.3. The Labute approximate surface area is 125 Å². The van der Waals surface area contributed by atoms with E-state index >= 15 is 0 Å². The van der Waals surface area contributed by atoms with Gasteiger partial charge in [0.05, 0.1) is 6.54 Å². The molecule has 0 radical (unpaired) electrons. The van der Waals surface area contributed by atoms with Crippen LogP contribution in [0.1, 0.15) is 0 Å². The van der Waals surface area contributed by atoms with Crippen LogP contribution in [0.25, 0.3) is 11.1 Å². The average Bonchev–Trinajstić information content (AvgIpc) is 2.52. The van der Waals surface area contributed by atoms with Gasteiger partial charge in [-0.2, -0.15) is 0 Å². The third-order valence-electron chi connectivity index (χ3n) is 2.84. The summed E-state index contributed by atoms with van der Waals surface area (Å²) < 4.78 is 5.84. The summed E-state index contributed by atoms with van der Waals surface area (Å²) in [7, 11) is 1.79. The molecule has 20 heavy (non-hydrogen) atoms. The number of ether oxygens (including phenoxy) is 1. The van der Waals surface area contributed by atoms with E-state index in [2.05, 4.69) is 28.8 Å². The number of hydrogen-bond acceptors (Lipinski definition) is 2. The molecule has 104 valence electrons. The molecule has 2 aromatic rings. The predicted octanol–water partition coefficient (Wildman–Crippen LogP) is 2.83. The van der Waals surface area contributed by atoms with Crippen LogP contribution in [0.5, 0.6) is 5.75 Å². The molecule has 0 fully saturated rings. The highest BCUT2D eigenvalue weighted by Crippen LogP contribution is 2.29. The van der Waals surface area contributed by atoms with Crippen LogP contribution in [0.4, 0.5) is 0 Å². The van der Waals surface area contributed by atoms with E-state index in [-0.39, 0.29) is 0 Å². The van der Waals surface area contributed by atoms with Crippen LogP contribution in [0.2, 0.25) is 0 Å². The van der Waals surface area contributed by atoms with Gasteiger partial charge in [0, 0.05) is 12.6 Å². The molecule has 0 aliphatic carbocycles. The molecule has 4 heteroatoms. The van der Waals surface area contributed by atoms with Crippen LogP contribution in [0, 0.1) is 0 Å². The Hall–Kier alpha value is -2.07. The summed E-state index contributed by atoms with van der Waals surface area (Å²) in [6, 6.07) is 18.3. The van der Waals surface area contributed by atoms with Crippen molar-refractivity contribution in [1.82, 2.24) is 10.6 Å². The second-order valence-electron chi connectivity index (χ2n) is 4.22. The van der Waals surface area contributed by atoms with E-state index < -0.39 is 0 Å². The Bertz CT molecular complexity index is 557. The van der Waals surface area contributed by atoms with Crippen molar-refractivity contribution in [2.24, 2.45) is 0 Å². The molecule has 0 spiro atoms. The fourth-order valence-corrected chi connectivity index (χ4v) is 1.96. The molecule has 2 N–H and O–H groups in total. The maximum atomic E-state index is 5.84. The lowest BCUT2D eigenvalue weighted by molar-refractivity contribution is 0.323. The molecule has 0 saturated carbocycles. The molecule has 3 nitrogen and oxygen atoms in total. The van der Waals surface area contributed by atoms with E-state index in [4.69, 9.17) is 17.0 Å². The molecule has 0 aromatic heterocycles. The molecular formula is C16H18N2OS. The lowest BCUT2D eigenvalue weighted by Crippen LogP contribution is -2.35. The van der Waals surface area contributed by atoms with Crippen LogP contribution in [0.3, 0.4) is 0 Å². The minimum atomic E-state index is 0.561. The summed E-state index contributed by atoms with van der Waals surface area (Å²) in [5, 5.41) is 6.55. The normalized spacial score (nSPS) is 9.85. The standard InChI is InChI=1S/C16H18N2OS/c1-17-16(20)18-11-12-19-15-10-6-5-9-14(15)13-7-3-2-4-8-13/h2-10H,11-12H2,1H3,(H2,17,18,20). The predicted molar refractivity (Wildman–Crippen MR) is 87.0 cm³/mol. The zero-order valence-electron chi connectivity index (χ0n) is 11.4. The largest absolute Gasteiger partial charge is 0.491 e. The van der Waals surface area contributed by atoms with Crippen molar-refractivity contribution in [3.8, 4) is 16.9 Å². The summed E-state index contributed by atoms with van der Waals surface area (Å²) in [5.41, 5.74) is 2.26. The first-order valence-corrected chi connectivity index (χ1v) is 6.95. The lowest BCUT2D eigenvalue weighted by Gasteiger charge is -2.12. The number of nitrogens with one attached hydrogen (secondary N) is 2. The first-order chi connectivity index (χ1) is 9.81. The monoisotopic (exact) mass is 286 g/mol. The van der Waals surface area contributed by atoms with Crippen LogP contribution >= 0.6 is 12.2 Å². The Balaban J connectivity index is 2.00. The van der Waals surface area contributed by atoms with Gasteiger partial charge in [0.15, 0.2) is 5.11 Å². The number of hydrogen-bond donors (Lipinski definition) is 2. The van der Waals surface area contributed by atoms with Crippen molar-refractivity contribution in [3.63, 3.8) is 0 Å². The number of para-hydroxylation sites is 1. The fourth-order valence-electron chi connectivity index (χ4n) is 1.86. The molecule has 2 aromatic carbocycles. The summed E-state index contributed by atoms with van der Waals surface area (Å²) in [6.45, 7) is 1.23. The van der Waals surface area contributed by atoms with Crippen LogP contribution in [-0.4, -0.2) is 25.3 Å². The van der Waals surface area contributed by atoms with Crippen molar-refractivity contribution < 1.29 is 4.74 Å². The van der Waals surface area contributed by atoms with Gasteiger partial charge in [0.25, 0.3) is 0 Å². The maximum Gasteiger partial charge on any atom is 0.166 e. The Morgan fingerprint density at radius 1 is 1.05 bits per heavy atom. The Morgan fingerprint density at radius 3 is 2.50 bits per heavy atom. The molecule has 0 bridgehead atoms. The van der Waals surface area contributed by atoms with Gasteiger partial charge in [-0.15, -0.1) is 0 Å². The molecule has 0 aliphatic heterocycles. The maximum absolute atomic E-state index is 5.84. The molecule has 0 aliphatic rings. The van der Waals surface area contributed by atoms with Crippen molar-refractivity contribution in [3.05, 3.63) is 54.6 Å². The zero-order chi connectivity index (χ0) is 14.2. The van der Waals surface area contributed by atoms with E-state index in [9.17, 15) is 0 Å². The van der Waals surface area contributed by atoms with E-state index in [1.54, 1.807) is 7.05 Å². The summed E-state index contributed by atoms with van der Waals surface area (Å²) >= 11 is 5.01. The van der Waals surface area contributed by atoms with Gasteiger partial charge in [-0.3, -0.25) is 0 Å². The Kier molecular flexibility index (Phi) is 5.38. The number of rotatable bonds is 5. The molecule has 0 saturated heterocycles. The highest BCUT2D eigenvalue weighted by molar-refractivity contribution is 7.80. The lowest BCUT2D eigenvalue weighted by atomic mass is 10.1. The van der Waals surface area contributed by atoms with Gasteiger partial charge in [-0.05, 0) is 23.8 Å². The first-order valence-electron chi connectivity index (χ1n) is 6.54. The van der Waals surface area contributed by atoms with Gasteiger partial charge in [0.1, 0.15) is 12.4 Å². The SMILES string of the molecule is CNC(=S)NCCOc1ccccc1-c1ccccc1. The second-order valence-corrected chi connectivity index (χ2v) is 4.62. The Morgan fingerprint density at radius 2 is 1.75 bits per heavy atom. The average molecular weight is 286 g/mol. The van der Waals surface area contributed by atoms with Crippen molar-refractivity contribution in [2.45, 2.75) is 0 Å². The number of benzene rings is 2. The van der Waals surface area contributed by atoms with Crippen LogP contribution < -0.4 is 15.4 Å². The van der Waals surface area contributed by atoms with Gasteiger partial charge >= 0.3 is 0 Å². The topological polar surface area (TPSA) is 33.3 Å². The fraction of sp³-hybridized carbons (Fsp3) is 0.188. The molecule has 0 heterocycles. The smallest absolute Gasteiger partial charge is 0.166 e. The van der Waals surface area contributed by atoms with Gasteiger partial charge in [-0.1, -0.05) is 48.5 Å². The van der Waals surface area contributed by atoms with E-state index in [0.29, 0.717) is 18.3 Å². The van der Waals surface area contributed by atoms with Crippen LogP contribution in [-0.2, 0) is 0 Å². The second kappa shape index (κ2) is 7.50. The van der Waals surface area contributed by atoms with Gasteiger partial charge in [-0.25, -0.2) is 0 Å². The minimum absolute atomic E-state index is 0.561. The zero-order valence-corrected chi connectivity index (χ0v) is 12.2.